The van der Waals surface area contributed by atoms with Crippen LogP contribution in [0.3, 0.4) is 0 Å². The summed E-state index contributed by atoms with van der Waals surface area (Å²) in [4.78, 5) is 38.3. The van der Waals surface area contributed by atoms with Crippen LogP contribution in [0.25, 0.3) is 0 Å². The van der Waals surface area contributed by atoms with Crippen molar-refractivity contribution in [3.05, 3.63) is 0 Å². The van der Waals surface area contributed by atoms with Gasteiger partial charge in [-0.3, -0.25) is 4.79 Å². The van der Waals surface area contributed by atoms with Crippen LogP contribution in [0.5, 0.6) is 0 Å². The SMILES string of the molecule is CCCN(CC(=O)OC)C(=O)N1CCCCC1(C)C(=O)O. The van der Waals surface area contributed by atoms with E-state index in [1.165, 1.54) is 16.9 Å². The predicted molar refractivity (Wildman–Crippen MR) is 75.9 cm³/mol. The first-order valence-corrected chi connectivity index (χ1v) is 7.23. The maximum absolute atomic E-state index is 12.6. The molecule has 7 heteroatoms. The number of aliphatic carboxylic acids is 1. The lowest BCUT2D eigenvalue weighted by molar-refractivity contribution is -0.151. The minimum absolute atomic E-state index is 0.157. The molecule has 1 heterocycles. The quantitative estimate of drug-likeness (QED) is 0.774. The highest BCUT2D eigenvalue weighted by Crippen LogP contribution is 2.29. The number of hydrogen-bond donors (Lipinski definition) is 1. The Morgan fingerprint density at radius 2 is 2.00 bits per heavy atom. The Hall–Kier alpha value is -1.79. The third-order valence-electron chi connectivity index (χ3n) is 3.89. The zero-order valence-electron chi connectivity index (χ0n) is 12.9. The summed E-state index contributed by atoms with van der Waals surface area (Å²) in [5.74, 6) is -1.52. The number of urea groups is 1. The van der Waals surface area contributed by atoms with E-state index in [1.54, 1.807) is 6.92 Å². The number of carboxylic acid groups (broad SMARTS) is 1. The first-order valence-electron chi connectivity index (χ1n) is 7.23. The lowest BCUT2D eigenvalue weighted by Crippen LogP contribution is -2.61. The van der Waals surface area contributed by atoms with Gasteiger partial charge in [-0.2, -0.15) is 0 Å². The largest absolute Gasteiger partial charge is 0.480 e. The third-order valence-corrected chi connectivity index (χ3v) is 3.89. The van der Waals surface area contributed by atoms with E-state index in [1.807, 2.05) is 6.92 Å². The van der Waals surface area contributed by atoms with Crippen LogP contribution in [0, 0.1) is 0 Å². The van der Waals surface area contributed by atoms with E-state index in [0.29, 0.717) is 25.9 Å². The summed E-state index contributed by atoms with van der Waals surface area (Å²) in [6.45, 7) is 4.08. The Morgan fingerprint density at radius 1 is 1.33 bits per heavy atom. The molecule has 1 atom stereocenters. The van der Waals surface area contributed by atoms with Gasteiger partial charge in [-0.1, -0.05) is 6.92 Å². The highest BCUT2D eigenvalue weighted by atomic mass is 16.5. The molecule has 0 bridgehead atoms. The Morgan fingerprint density at radius 3 is 2.52 bits per heavy atom. The monoisotopic (exact) mass is 300 g/mol. The van der Waals surface area contributed by atoms with Crippen molar-refractivity contribution in [2.45, 2.75) is 45.1 Å². The number of hydrogen-bond acceptors (Lipinski definition) is 4. The second-order valence-corrected chi connectivity index (χ2v) is 5.47. The van der Waals surface area contributed by atoms with E-state index in [9.17, 15) is 19.5 Å². The molecule has 0 spiro atoms. The van der Waals surface area contributed by atoms with E-state index < -0.39 is 23.5 Å². The molecule has 1 rings (SSSR count). The van der Waals surface area contributed by atoms with Crippen molar-refractivity contribution in [2.75, 3.05) is 26.7 Å². The van der Waals surface area contributed by atoms with E-state index in [2.05, 4.69) is 4.74 Å². The van der Waals surface area contributed by atoms with Crippen LogP contribution >= 0.6 is 0 Å². The van der Waals surface area contributed by atoms with E-state index in [4.69, 9.17) is 0 Å². The minimum atomic E-state index is -1.21. The zero-order valence-corrected chi connectivity index (χ0v) is 12.9. The smallest absolute Gasteiger partial charge is 0.329 e. The fourth-order valence-corrected chi connectivity index (χ4v) is 2.55. The molecular weight excluding hydrogens is 276 g/mol. The molecule has 0 saturated carbocycles. The topological polar surface area (TPSA) is 87.2 Å². The molecule has 1 aliphatic heterocycles. The first-order chi connectivity index (χ1) is 9.86. The van der Waals surface area contributed by atoms with Gasteiger partial charge in [-0.25, -0.2) is 9.59 Å². The number of rotatable bonds is 5. The van der Waals surface area contributed by atoms with Gasteiger partial charge < -0.3 is 19.6 Å². The molecule has 0 aromatic heterocycles. The van der Waals surface area contributed by atoms with Crippen LogP contribution in [0.15, 0.2) is 0 Å². The van der Waals surface area contributed by atoms with Crippen molar-refractivity contribution in [3.63, 3.8) is 0 Å². The van der Waals surface area contributed by atoms with Crippen molar-refractivity contribution < 1.29 is 24.2 Å². The molecule has 1 aliphatic rings. The molecule has 1 saturated heterocycles. The van der Waals surface area contributed by atoms with Gasteiger partial charge in [0.25, 0.3) is 0 Å². The number of ether oxygens (including phenoxy) is 1. The van der Waals surface area contributed by atoms with Crippen LogP contribution in [0.4, 0.5) is 4.79 Å². The van der Waals surface area contributed by atoms with Crippen LogP contribution in [-0.2, 0) is 14.3 Å². The highest BCUT2D eigenvalue weighted by Gasteiger charge is 2.45. The molecule has 0 aromatic rings. The van der Waals surface area contributed by atoms with Crippen molar-refractivity contribution >= 4 is 18.0 Å². The van der Waals surface area contributed by atoms with Crippen LogP contribution < -0.4 is 0 Å². The van der Waals surface area contributed by atoms with Crippen LogP contribution in [0.1, 0.15) is 39.5 Å². The number of esters is 1. The number of methoxy groups -OCH3 is 1. The van der Waals surface area contributed by atoms with E-state index >= 15 is 0 Å². The lowest BCUT2D eigenvalue weighted by Gasteiger charge is -2.43. The molecule has 0 aliphatic carbocycles. The zero-order chi connectivity index (χ0) is 16.0. The number of carbonyl (C=O) groups excluding carboxylic acids is 2. The average Bonchev–Trinajstić information content (AvgIpc) is 2.46. The lowest BCUT2D eigenvalue weighted by atomic mass is 9.89. The summed E-state index contributed by atoms with van der Waals surface area (Å²) in [5.41, 5.74) is -1.21. The molecule has 1 fully saturated rings. The minimum Gasteiger partial charge on any atom is -0.480 e. The summed E-state index contributed by atoms with van der Waals surface area (Å²) < 4.78 is 4.60. The van der Waals surface area contributed by atoms with Gasteiger partial charge in [-0.15, -0.1) is 0 Å². The number of carbonyl (C=O) groups is 3. The summed E-state index contributed by atoms with van der Waals surface area (Å²) in [5, 5.41) is 9.45. The number of likely N-dealkylation sites (tertiary alicyclic amines) is 1. The molecular formula is C14H24N2O5. The van der Waals surface area contributed by atoms with Crippen LogP contribution in [-0.4, -0.2) is 65.2 Å². The van der Waals surface area contributed by atoms with Crippen molar-refractivity contribution in [1.82, 2.24) is 9.80 Å². The van der Waals surface area contributed by atoms with Crippen LogP contribution in [0.2, 0.25) is 0 Å². The molecule has 120 valence electrons. The van der Waals surface area contributed by atoms with Crippen molar-refractivity contribution in [1.29, 1.82) is 0 Å². The number of carboxylic acids is 1. The van der Waals surface area contributed by atoms with Gasteiger partial charge in [0.2, 0.25) is 0 Å². The summed E-state index contributed by atoms with van der Waals surface area (Å²) in [7, 11) is 1.26. The molecule has 2 amide bonds. The van der Waals surface area contributed by atoms with Gasteiger partial charge in [0.15, 0.2) is 0 Å². The van der Waals surface area contributed by atoms with Crippen molar-refractivity contribution in [2.24, 2.45) is 0 Å². The average molecular weight is 300 g/mol. The summed E-state index contributed by atoms with van der Waals surface area (Å²) >= 11 is 0. The molecule has 0 radical (unpaired) electrons. The molecule has 7 nitrogen and oxygen atoms in total. The molecule has 0 aromatic carbocycles. The third kappa shape index (κ3) is 3.86. The number of amides is 2. The molecule has 1 unspecified atom stereocenters. The maximum atomic E-state index is 12.6. The highest BCUT2D eigenvalue weighted by molar-refractivity contribution is 5.88. The second kappa shape index (κ2) is 7.28. The summed E-state index contributed by atoms with van der Waals surface area (Å²) in [6, 6.07) is -0.410. The predicted octanol–water partition coefficient (Wildman–Crippen LogP) is 1.32. The standard InChI is InChI=1S/C14H24N2O5/c1-4-8-15(10-11(17)21-3)13(20)16-9-6-5-7-14(16,2)12(18)19/h4-10H2,1-3H3,(H,18,19). The normalized spacial score (nSPS) is 21.8. The number of nitrogens with zero attached hydrogens (tertiary/aromatic N) is 2. The number of piperidine rings is 1. The second-order valence-electron chi connectivity index (χ2n) is 5.47. The fourth-order valence-electron chi connectivity index (χ4n) is 2.55. The van der Waals surface area contributed by atoms with Gasteiger partial charge in [0.05, 0.1) is 7.11 Å². The van der Waals surface area contributed by atoms with Crippen molar-refractivity contribution in [3.8, 4) is 0 Å². The Kier molecular flexibility index (Phi) is 5.99. The first kappa shape index (κ1) is 17.3. The van der Waals surface area contributed by atoms with Gasteiger partial charge in [0, 0.05) is 13.1 Å². The Labute approximate surface area is 124 Å². The Bertz CT molecular complexity index is 412. The maximum Gasteiger partial charge on any atom is 0.329 e. The summed E-state index contributed by atoms with van der Waals surface area (Å²) in [6.07, 6.45) is 2.65. The Balaban J connectivity index is 2.94. The fraction of sp³-hybridized carbons (Fsp3) is 0.786. The van der Waals surface area contributed by atoms with Gasteiger partial charge in [0.1, 0.15) is 12.1 Å². The molecule has 1 N–H and O–H groups in total. The van der Waals surface area contributed by atoms with Gasteiger partial charge in [-0.05, 0) is 32.6 Å². The van der Waals surface area contributed by atoms with E-state index in [-0.39, 0.29) is 6.54 Å². The van der Waals surface area contributed by atoms with Gasteiger partial charge >= 0.3 is 18.0 Å². The van der Waals surface area contributed by atoms with E-state index in [0.717, 1.165) is 12.8 Å². The molecule has 21 heavy (non-hydrogen) atoms.